The Labute approximate surface area is 188 Å². The molecule has 0 spiro atoms. The lowest BCUT2D eigenvalue weighted by atomic mass is 9.92. The van der Waals surface area contributed by atoms with Crippen molar-refractivity contribution in [3.05, 3.63) is 109 Å². The highest BCUT2D eigenvalue weighted by Gasteiger charge is 2.50. The van der Waals surface area contributed by atoms with Crippen LogP contribution in [-0.4, -0.2) is 20.0 Å². The summed E-state index contributed by atoms with van der Waals surface area (Å²) in [5, 5.41) is 12.3. The van der Waals surface area contributed by atoms with Gasteiger partial charge >= 0.3 is 0 Å². The van der Waals surface area contributed by atoms with E-state index in [1.54, 1.807) is 0 Å². The van der Waals surface area contributed by atoms with Crippen LogP contribution in [0.15, 0.2) is 97.6 Å². The molecule has 3 aromatic carbocycles. The Morgan fingerprint density at radius 2 is 1.39 bits per heavy atom. The van der Waals surface area contributed by atoms with Crippen LogP contribution in [-0.2, 0) is 11.0 Å². The first-order chi connectivity index (χ1) is 14.9. The molecule has 1 unspecified atom stereocenters. The lowest BCUT2D eigenvalue weighted by Crippen LogP contribution is -2.66. The van der Waals surface area contributed by atoms with Crippen molar-refractivity contribution in [1.82, 2.24) is 0 Å². The quantitative estimate of drug-likeness (QED) is 0.363. The molecule has 0 aromatic heterocycles. The van der Waals surface area contributed by atoms with Gasteiger partial charge in [-0.3, -0.25) is 0 Å². The molecular weight excluding hydrogens is 396 g/mol. The third-order valence-electron chi connectivity index (χ3n) is 6.07. The Kier molecular flexibility index (Phi) is 7.66. The molecule has 0 saturated carbocycles. The Balaban J connectivity index is 1.95. The van der Waals surface area contributed by atoms with E-state index < -0.39 is 8.32 Å². The fraction of sp³-hybridized carbons (Fsp3) is 0.286. The Bertz CT molecular complexity index is 922. The van der Waals surface area contributed by atoms with E-state index in [0.29, 0.717) is 6.61 Å². The van der Waals surface area contributed by atoms with E-state index in [0.717, 1.165) is 17.5 Å². The van der Waals surface area contributed by atoms with E-state index in [9.17, 15) is 5.11 Å². The summed E-state index contributed by atoms with van der Waals surface area (Å²) < 4.78 is 7.02. The summed E-state index contributed by atoms with van der Waals surface area (Å²) in [4.78, 5) is 0. The number of allylic oxidation sites excluding steroid dienone is 1. The van der Waals surface area contributed by atoms with Gasteiger partial charge in [0.2, 0.25) is 0 Å². The molecule has 0 fully saturated rings. The molecule has 2 nitrogen and oxygen atoms in total. The molecule has 0 aliphatic heterocycles. The van der Waals surface area contributed by atoms with Crippen molar-refractivity contribution >= 4 is 18.7 Å². The average Bonchev–Trinajstić information content (AvgIpc) is 2.80. The normalized spacial score (nSPS) is 13.0. The van der Waals surface area contributed by atoms with E-state index >= 15 is 0 Å². The van der Waals surface area contributed by atoms with Crippen LogP contribution < -0.4 is 10.4 Å². The predicted octanol–water partition coefficient (Wildman–Crippen LogP) is 5.42. The third kappa shape index (κ3) is 4.90. The molecule has 0 saturated heterocycles. The van der Waals surface area contributed by atoms with Crippen LogP contribution in [0.25, 0.3) is 0 Å². The van der Waals surface area contributed by atoms with E-state index in [1.165, 1.54) is 10.4 Å². The van der Waals surface area contributed by atoms with Crippen LogP contribution >= 0.6 is 0 Å². The first-order valence-electron chi connectivity index (χ1n) is 11.0. The van der Waals surface area contributed by atoms with Crippen LogP contribution in [0.3, 0.4) is 0 Å². The van der Waals surface area contributed by atoms with Gasteiger partial charge in [-0.15, -0.1) is 6.58 Å². The van der Waals surface area contributed by atoms with Crippen LogP contribution in [0.4, 0.5) is 0 Å². The number of hydrogen-bond acceptors (Lipinski definition) is 2. The van der Waals surface area contributed by atoms with Crippen molar-refractivity contribution in [2.45, 2.75) is 44.8 Å². The summed E-state index contributed by atoms with van der Waals surface area (Å²) in [6.45, 7) is 11.6. The topological polar surface area (TPSA) is 29.5 Å². The number of hydrogen-bond donors (Lipinski definition) is 1. The maximum absolute atomic E-state index is 9.76. The number of aliphatic hydroxyl groups is 1. The van der Waals surface area contributed by atoms with Crippen molar-refractivity contribution < 1.29 is 9.53 Å². The highest BCUT2D eigenvalue weighted by molar-refractivity contribution is 6.99. The van der Waals surface area contributed by atoms with Crippen molar-refractivity contribution in [2.24, 2.45) is 0 Å². The van der Waals surface area contributed by atoms with Crippen molar-refractivity contribution in [3.8, 4) is 0 Å². The maximum Gasteiger partial charge on any atom is 0.261 e. The standard InChI is InChI=1S/C28H34O2Si/c1-5-23(27-19-13-12-14-24(27)22-29)20-21-30-31(28(2,3)4,25-15-8-6-9-16-25)26-17-10-7-11-18-26/h5-19,23,29H,1,20-22H2,2-4H3. The fourth-order valence-corrected chi connectivity index (χ4v) is 9.12. The van der Waals surface area contributed by atoms with E-state index in [1.807, 2.05) is 24.3 Å². The molecular formula is C28H34O2Si. The smallest absolute Gasteiger partial charge is 0.261 e. The second-order valence-corrected chi connectivity index (χ2v) is 13.3. The molecule has 3 aromatic rings. The summed E-state index contributed by atoms with van der Waals surface area (Å²) in [5.74, 6) is 0.140. The predicted molar refractivity (Wildman–Crippen MR) is 133 cm³/mol. The molecule has 162 valence electrons. The lowest BCUT2D eigenvalue weighted by Gasteiger charge is -2.43. The second kappa shape index (κ2) is 10.2. The Morgan fingerprint density at radius 1 is 0.871 bits per heavy atom. The van der Waals surface area contributed by atoms with Crippen molar-refractivity contribution in [1.29, 1.82) is 0 Å². The van der Waals surface area contributed by atoms with Gasteiger partial charge in [0.15, 0.2) is 0 Å². The highest BCUT2D eigenvalue weighted by Crippen LogP contribution is 2.37. The van der Waals surface area contributed by atoms with E-state index in [2.05, 4.69) is 94.1 Å². The molecule has 3 heteroatoms. The van der Waals surface area contributed by atoms with E-state index in [4.69, 9.17) is 4.43 Å². The van der Waals surface area contributed by atoms with Crippen LogP contribution in [0.5, 0.6) is 0 Å². The SMILES string of the molecule is C=CC(CCO[Si](c1ccccc1)(c1ccccc1)C(C)(C)C)c1ccccc1CO. The second-order valence-electron chi connectivity index (χ2n) is 9.00. The van der Waals surface area contributed by atoms with Gasteiger partial charge in [-0.2, -0.15) is 0 Å². The molecule has 0 radical (unpaired) electrons. The molecule has 31 heavy (non-hydrogen) atoms. The van der Waals surface area contributed by atoms with Crippen LogP contribution in [0.1, 0.15) is 44.2 Å². The van der Waals surface area contributed by atoms with Gasteiger partial charge in [-0.05, 0) is 33.0 Å². The molecule has 0 aliphatic carbocycles. The zero-order valence-electron chi connectivity index (χ0n) is 18.9. The third-order valence-corrected chi connectivity index (χ3v) is 11.1. The van der Waals surface area contributed by atoms with Crippen LogP contribution in [0, 0.1) is 0 Å². The first-order valence-corrected chi connectivity index (χ1v) is 12.9. The van der Waals surface area contributed by atoms with Gasteiger partial charge in [0, 0.05) is 12.5 Å². The minimum absolute atomic E-state index is 0.0378. The zero-order valence-corrected chi connectivity index (χ0v) is 19.9. The largest absolute Gasteiger partial charge is 0.407 e. The highest BCUT2D eigenvalue weighted by atomic mass is 28.4. The summed E-state index contributed by atoms with van der Waals surface area (Å²) in [7, 11) is -2.54. The average molecular weight is 431 g/mol. The number of aliphatic hydroxyl groups excluding tert-OH is 1. The maximum atomic E-state index is 9.76. The zero-order chi connectivity index (χ0) is 22.3. The summed E-state index contributed by atoms with van der Waals surface area (Å²) >= 11 is 0. The Morgan fingerprint density at radius 3 is 1.87 bits per heavy atom. The Hall–Kier alpha value is -2.46. The fourth-order valence-electron chi connectivity index (χ4n) is 4.54. The van der Waals surface area contributed by atoms with Gasteiger partial charge < -0.3 is 9.53 Å². The van der Waals surface area contributed by atoms with Gasteiger partial charge in [0.1, 0.15) is 0 Å². The van der Waals surface area contributed by atoms with Gasteiger partial charge in [0.05, 0.1) is 6.61 Å². The van der Waals surface area contributed by atoms with Gasteiger partial charge in [-0.25, -0.2) is 0 Å². The minimum Gasteiger partial charge on any atom is -0.407 e. The molecule has 0 amide bonds. The minimum atomic E-state index is -2.54. The van der Waals surface area contributed by atoms with Crippen molar-refractivity contribution in [2.75, 3.05) is 6.61 Å². The van der Waals surface area contributed by atoms with Crippen molar-refractivity contribution in [3.63, 3.8) is 0 Å². The molecule has 1 N–H and O–H groups in total. The molecule has 0 bridgehead atoms. The number of rotatable bonds is 9. The molecule has 0 aliphatic rings. The summed E-state index contributed by atoms with van der Waals surface area (Å²) in [5.41, 5.74) is 2.09. The summed E-state index contributed by atoms with van der Waals surface area (Å²) in [6.07, 6.45) is 2.80. The molecule has 3 rings (SSSR count). The van der Waals surface area contributed by atoms with Gasteiger partial charge in [-0.1, -0.05) is 112 Å². The molecule has 0 heterocycles. The van der Waals surface area contributed by atoms with Crippen LogP contribution in [0.2, 0.25) is 5.04 Å². The monoisotopic (exact) mass is 430 g/mol. The first kappa shape index (κ1) is 23.2. The van der Waals surface area contributed by atoms with E-state index in [-0.39, 0.29) is 17.6 Å². The lowest BCUT2D eigenvalue weighted by molar-refractivity contribution is 0.275. The number of benzene rings is 3. The van der Waals surface area contributed by atoms with Gasteiger partial charge in [0.25, 0.3) is 8.32 Å². The molecule has 1 atom stereocenters. The summed E-state index contributed by atoms with van der Waals surface area (Å²) in [6, 6.07) is 29.5.